The average Bonchev–Trinajstić information content (AvgIpc) is 2.63. The van der Waals surface area contributed by atoms with Gasteiger partial charge in [0.25, 0.3) is 10.0 Å². The fourth-order valence-corrected chi connectivity index (χ4v) is 3.73. The quantitative estimate of drug-likeness (QED) is 0.674. The average molecular weight is 375 g/mol. The highest BCUT2D eigenvalue weighted by Crippen LogP contribution is 2.24. The molecule has 5 nitrogen and oxygen atoms in total. The summed E-state index contributed by atoms with van der Waals surface area (Å²) in [6.07, 6.45) is 2.32. The Morgan fingerprint density at radius 1 is 1.08 bits per heavy atom. The number of nitrogens with one attached hydrogen (secondary N) is 1. The number of ether oxygens (including phenoxy) is 1. The molecule has 6 heteroatoms. The van der Waals surface area contributed by atoms with Crippen molar-refractivity contribution >= 4 is 21.7 Å². The lowest BCUT2D eigenvalue weighted by atomic mass is 10.0. The molecule has 0 spiro atoms. The number of hydrogen-bond donors (Lipinski definition) is 1. The first kappa shape index (κ1) is 20.0. The van der Waals surface area contributed by atoms with Crippen LogP contribution in [0.1, 0.15) is 37.8 Å². The number of hydrogen-bond acceptors (Lipinski definition) is 4. The smallest absolute Gasteiger partial charge is 0.305 e. The maximum absolute atomic E-state index is 12.6. The first-order valence-electron chi connectivity index (χ1n) is 8.81. The molecule has 2 rings (SSSR count). The molecule has 0 bridgehead atoms. The summed E-state index contributed by atoms with van der Waals surface area (Å²) in [5, 5.41) is 0. The first-order valence-corrected chi connectivity index (χ1v) is 10.3. The highest BCUT2D eigenvalue weighted by molar-refractivity contribution is 7.92. The van der Waals surface area contributed by atoms with Crippen LogP contribution in [0.2, 0.25) is 0 Å². The van der Waals surface area contributed by atoms with Crippen molar-refractivity contribution in [3.63, 3.8) is 0 Å². The highest BCUT2D eigenvalue weighted by Gasteiger charge is 2.16. The van der Waals surface area contributed by atoms with Gasteiger partial charge in [0.2, 0.25) is 0 Å². The Morgan fingerprint density at radius 3 is 2.46 bits per heavy atom. The third-order valence-electron chi connectivity index (χ3n) is 4.01. The SMILES string of the molecule is CCOC(=O)CCCc1ccc(CC)cc1NS(=O)(=O)c1ccccc1. The topological polar surface area (TPSA) is 72.5 Å². The first-order chi connectivity index (χ1) is 12.5. The van der Waals surface area contributed by atoms with Crippen molar-refractivity contribution in [1.29, 1.82) is 0 Å². The van der Waals surface area contributed by atoms with Crippen molar-refractivity contribution in [2.75, 3.05) is 11.3 Å². The molecule has 0 aliphatic rings. The lowest BCUT2D eigenvalue weighted by Crippen LogP contribution is -2.14. The van der Waals surface area contributed by atoms with E-state index in [1.807, 2.05) is 25.1 Å². The van der Waals surface area contributed by atoms with E-state index in [4.69, 9.17) is 4.74 Å². The molecular weight excluding hydrogens is 350 g/mol. The summed E-state index contributed by atoms with van der Waals surface area (Å²) >= 11 is 0. The van der Waals surface area contributed by atoms with Crippen LogP contribution < -0.4 is 4.72 Å². The Labute approximate surface area is 155 Å². The molecule has 2 aromatic carbocycles. The summed E-state index contributed by atoms with van der Waals surface area (Å²) in [4.78, 5) is 11.7. The molecule has 0 radical (unpaired) electrons. The van der Waals surface area contributed by atoms with Crippen LogP contribution in [0.25, 0.3) is 0 Å². The maximum Gasteiger partial charge on any atom is 0.305 e. The molecule has 0 aliphatic carbocycles. The third-order valence-corrected chi connectivity index (χ3v) is 5.39. The zero-order valence-corrected chi connectivity index (χ0v) is 16.0. The molecule has 0 amide bonds. The lowest BCUT2D eigenvalue weighted by Gasteiger charge is -2.14. The fraction of sp³-hybridized carbons (Fsp3) is 0.350. The number of rotatable bonds is 9. The Hall–Kier alpha value is -2.34. The Kier molecular flexibility index (Phi) is 7.21. The predicted molar refractivity (Wildman–Crippen MR) is 103 cm³/mol. The van der Waals surface area contributed by atoms with Crippen LogP contribution >= 0.6 is 0 Å². The molecule has 140 valence electrons. The molecule has 2 aromatic rings. The van der Waals surface area contributed by atoms with Crippen LogP contribution in [0.5, 0.6) is 0 Å². The minimum Gasteiger partial charge on any atom is -0.466 e. The molecule has 0 fully saturated rings. The molecular formula is C20H25NO4S. The number of carbonyl (C=O) groups is 1. The van der Waals surface area contributed by atoms with E-state index in [1.54, 1.807) is 37.3 Å². The van der Waals surface area contributed by atoms with Gasteiger partial charge < -0.3 is 4.74 Å². The van der Waals surface area contributed by atoms with Gasteiger partial charge in [-0.25, -0.2) is 8.42 Å². The van der Waals surface area contributed by atoms with E-state index in [1.165, 1.54) is 0 Å². The van der Waals surface area contributed by atoms with Gasteiger partial charge in [-0.15, -0.1) is 0 Å². The van der Waals surface area contributed by atoms with Gasteiger partial charge in [0.15, 0.2) is 0 Å². The largest absolute Gasteiger partial charge is 0.466 e. The van der Waals surface area contributed by atoms with Gasteiger partial charge in [0.05, 0.1) is 17.2 Å². The van der Waals surface area contributed by atoms with E-state index in [0.29, 0.717) is 31.6 Å². The standard InChI is InChI=1S/C20H25NO4S/c1-3-16-13-14-17(9-8-12-20(22)25-4-2)19(15-16)21-26(23,24)18-10-6-5-7-11-18/h5-7,10-11,13-15,21H,3-4,8-9,12H2,1-2H3. The fourth-order valence-electron chi connectivity index (χ4n) is 2.62. The molecule has 0 heterocycles. The van der Waals surface area contributed by atoms with Crippen molar-refractivity contribution in [2.24, 2.45) is 0 Å². The van der Waals surface area contributed by atoms with E-state index in [2.05, 4.69) is 4.72 Å². The predicted octanol–water partition coefficient (Wildman–Crippen LogP) is 3.94. The summed E-state index contributed by atoms with van der Waals surface area (Å²) in [6.45, 7) is 4.16. The van der Waals surface area contributed by atoms with Crippen molar-refractivity contribution in [1.82, 2.24) is 0 Å². The zero-order chi connectivity index (χ0) is 19.0. The molecule has 0 unspecified atom stereocenters. The summed E-state index contributed by atoms with van der Waals surface area (Å²) in [5.41, 5.74) is 2.48. The van der Waals surface area contributed by atoms with Gasteiger partial charge in [-0.1, -0.05) is 37.3 Å². The normalized spacial score (nSPS) is 11.2. The van der Waals surface area contributed by atoms with E-state index >= 15 is 0 Å². The number of esters is 1. The summed E-state index contributed by atoms with van der Waals surface area (Å²) < 4.78 is 32.9. The second-order valence-electron chi connectivity index (χ2n) is 5.92. The second kappa shape index (κ2) is 9.38. The van der Waals surface area contributed by atoms with Gasteiger partial charge in [-0.05, 0) is 55.5 Å². The number of benzene rings is 2. The minimum atomic E-state index is -3.65. The van der Waals surface area contributed by atoms with E-state index < -0.39 is 10.0 Å². The highest BCUT2D eigenvalue weighted by atomic mass is 32.2. The maximum atomic E-state index is 12.6. The zero-order valence-electron chi connectivity index (χ0n) is 15.2. The number of aryl methyl sites for hydroxylation is 2. The van der Waals surface area contributed by atoms with Crippen LogP contribution in [0.3, 0.4) is 0 Å². The van der Waals surface area contributed by atoms with Crippen LogP contribution in [-0.2, 0) is 32.4 Å². The monoisotopic (exact) mass is 375 g/mol. The van der Waals surface area contributed by atoms with Gasteiger partial charge in [0, 0.05) is 6.42 Å². The van der Waals surface area contributed by atoms with Crippen molar-refractivity contribution in [3.05, 3.63) is 59.7 Å². The van der Waals surface area contributed by atoms with Crippen LogP contribution in [-0.4, -0.2) is 21.0 Å². The van der Waals surface area contributed by atoms with Gasteiger partial charge in [-0.3, -0.25) is 9.52 Å². The summed E-state index contributed by atoms with van der Waals surface area (Å²) in [5.74, 6) is -0.232. The molecule has 0 atom stereocenters. The minimum absolute atomic E-state index is 0.222. The van der Waals surface area contributed by atoms with Gasteiger partial charge in [-0.2, -0.15) is 0 Å². The van der Waals surface area contributed by atoms with Gasteiger partial charge in [0.1, 0.15) is 0 Å². The molecule has 1 N–H and O–H groups in total. The second-order valence-corrected chi connectivity index (χ2v) is 7.60. The summed E-state index contributed by atoms with van der Waals surface area (Å²) in [7, 11) is -3.65. The van der Waals surface area contributed by atoms with E-state index in [9.17, 15) is 13.2 Å². The number of carbonyl (C=O) groups excluding carboxylic acids is 1. The Balaban J connectivity index is 2.19. The van der Waals surface area contributed by atoms with Crippen molar-refractivity contribution in [2.45, 2.75) is 44.4 Å². The number of anilines is 1. The number of sulfonamides is 1. The van der Waals surface area contributed by atoms with E-state index in [-0.39, 0.29) is 10.9 Å². The molecule has 26 heavy (non-hydrogen) atoms. The molecule has 0 saturated carbocycles. The Morgan fingerprint density at radius 2 is 1.81 bits per heavy atom. The molecule has 0 saturated heterocycles. The Bertz CT molecular complexity index is 832. The molecule has 0 aromatic heterocycles. The van der Waals surface area contributed by atoms with E-state index in [0.717, 1.165) is 17.5 Å². The van der Waals surface area contributed by atoms with Crippen LogP contribution in [0, 0.1) is 0 Å². The van der Waals surface area contributed by atoms with Crippen molar-refractivity contribution < 1.29 is 17.9 Å². The third kappa shape index (κ3) is 5.59. The molecule has 0 aliphatic heterocycles. The van der Waals surface area contributed by atoms with Gasteiger partial charge >= 0.3 is 5.97 Å². The summed E-state index contributed by atoms with van der Waals surface area (Å²) in [6, 6.07) is 14.1. The van der Waals surface area contributed by atoms with Crippen molar-refractivity contribution in [3.8, 4) is 0 Å². The van der Waals surface area contributed by atoms with Crippen LogP contribution in [0.15, 0.2) is 53.4 Å². The lowest BCUT2D eigenvalue weighted by molar-refractivity contribution is -0.143. The van der Waals surface area contributed by atoms with Crippen LogP contribution in [0.4, 0.5) is 5.69 Å².